The van der Waals surface area contributed by atoms with Gasteiger partial charge in [0.1, 0.15) is 0 Å². The smallest absolute Gasteiger partial charge is 0.0240 e. The van der Waals surface area contributed by atoms with E-state index in [1.807, 2.05) is 0 Å². The largest absolute Gasteiger partial charge is 0.291 e. The van der Waals surface area contributed by atoms with Gasteiger partial charge in [0, 0.05) is 25.0 Å². The molecule has 3 aromatic carbocycles. The van der Waals surface area contributed by atoms with Crippen LogP contribution in [0.5, 0.6) is 0 Å². The standard InChI is InChI=1S/C24H25N/c1-19-12-14-22(15-13-19)23-16-24(23)25(17-20-8-4-2-5-9-20)18-21-10-6-3-7-11-21/h2-15,23-24H,16-18H2,1H3/t23-,24+/m0/s1. The lowest BCUT2D eigenvalue weighted by molar-refractivity contribution is 0.241. The number of aryl methyl sites for hydroxylation is 1. The fourth-order valence-electron chi connectivity index (χ4n) is 3.68. The summed E-state index contributed by atoms with van der Waals surface area (Å²) in [6.07, 6.45) is 1.27. The zero-order chi connectivity index (χ0) is 17.1. The van der Waals surface area contributed by atoms with Crippen molar-refractivity contribution in [3.63, 3.8) is 0 Å². The van der Waals surface area contributed by atoms with E-state index >= 15 is 0 Å². The fraction of sp³-hybridized carbons (Fsp3) is 0.250. The van der Waals surface area contributed by atoms with Gasteiger partial charge in [-0.05, 0) is 30.0 Å². The molecule has 4 rings (SSSR count). The van der Waals surface area contributed by atoms with Gasteiger partial charge in [-0.1, -0.05) is 90.5 Å². The lowest BCUT2D eigenvalue weighted by atomic mass is 10.1. The number of rotatable bonds is 6. The molecular weight excluding hydrogens is 302 g/mol. The van der Waals surface area contributed by atoms with Crippen molar-refractivity contribution in [2.24, 2.45) is 0 Å². The van der Waals surface area contributed by atoms with Crippen LogP contribution in [0.15, 0.2) is 84.9 Å². The first-order valence-corrected chi connectivity index (χ1v) is 9.18. The van der Waals surface area contributed by atoms with Crippen LogP contribution < -0.4 is 0 Å². The van der Waals surface area contributed by atoms with Gasteiger partial charge in [0.15, 0.2) is 0 Å². The molecule has 0 heterocycles. The van der Waals surface area contributed by atoms with E-state index in [4.69, 9.17) is 0 Å². The Bertz CT molecular complexity index is 751. The maximum atomic E-state index is 2.65. The van der Waals surface area contributed by atoms with Gasteiger partial charge < -0.3 is 0 Å². The van der Waals surface area contributed by atoms with Crippen LogP contribution >= 0.6 is 0 Å². The van der Waals surface area contributed by atoms with E-state index in [-0.39, 0.29) is 0 Å². The van der Waals surface area contributed by atoms with Crippen molar-refractivity contribution in [2.45, 2.75) is 38.4 Å². The predicted octanol–water partition coefficient (Wildman–Crippen LogP) is 5.55. The third kappa shape index (κ3) is 4.00. The highest BCUT2D eigenvalue weighted by Gasteiger charge is 2.42. The number of benzene rings is 3. The van der Waals surface area contributed by atoms with Gasteiger partial charge >= 0.3 is 0 Å². The number of nitrogens with zero attached hydrogens (tertiary/aromatic N) is 1. The average molecular weight is 327 g/mol. The molecule has 0 aliphatic heterocycles. The van der Waals surface area contributed by atoms with Crippen LogP contribution in [-0.2, 0) is 13.1 Å². The molecule has 0 aromatic heterocycles. The van der Waals surface area contributed by atoms with E-state index in [2.05, 4.69) is 96.8 Å². The van der Waals surface area contributed by atoms with Crippen LogP contribution in [0.1, 0.15) is 34.6 Å². The zero-order valence-corrected chi connectivity index (χ0v) is 14.8. The molecule has 126 valence electrons. The first kappa shape index (κ1) is 16.1. The van der Waals surface area contributed by atoms with Gasteiger partial charge in [-0.15, -0.1) is 0 Å². The molecule has 25 heavy (non-hydrogen) atoms. The van der Waals surface area contributed by atoms with E-state index in [1.165, 1.54) is 28.7 Å². The van der Waals surface area contributed by atoms with Crippen molar-refractivity contribution >= 4 is 0 Å². The van der Waals surface area contributed by atoms with Crippen LogP contribution in [-0.4, -0.2) is 10.9 Å². The quantitative estimate of drug-likeness (QED) is 0.573. The summed E-state index contributed by atoms with van der Waals surface area (Å²) in [5.41, 5.74) is 5.62. The molecule has 1 aliphatic rings. The minimum Gasteiger partial charge on any atom is -0.291 e. The van der Waals surface area contributed by atoms with Gasteiger partial charge in [-0.25, -0.2) is 0 Å². The molecule has 1 heteroatoms. The topological polar surface area (TPSA) is 3.24 Å². The highest BCUT2D eigenvalue weighted by atomic mass is 15.2. The van der Waals surface area contributed by atoms with E-state index in [1.54, 1.807) is 0 Å². The van der Waals surface area contributed by atoms with E-state index < -0.39 is 0 Å². The van der Waals surface area contributed by atoms with Gasteiger partial charge in [0.2, 0.25) is 0 Å². The summed E-state index contributed by atoms with van der Waals surface area (Å²) in [4.78, 5) is 2.65. The molecule has 0 N–H and O–H groups in total. The van der Waals surface area contributed by atoms with Crippen molar-refractivity contribution in [3.8, 4) is 0 Å². The van der Waals surface area contributed by atoms with Gasteiger partial charge in [-0.3, -0.25) is 4.90 Å². The molecule has 1 saturated carbocycles. The first-order valence-electron chi connectivity index (χ1n) is 9.18. The molecule has 0 unspecified atom stereocenters. The van der Waals surface area contributed by atoms with Crippen LogP contribution in [0.25, 0.3) is 0 Å². The Balaban J connectivity index is 1.52. The molecule has 0 amide bonds. The normalized spacial score (nSPS) is 19.1. The van der Waals surface area contributed by atoms with Crippen molar-refractivity contribution in [1.82, 2.24) is 4.90 Å². The Hall–Kier alpha value is -2.38. The Morgan fingerprint density at radius 2 is 1.24 bits per heavy atom. The fourth-order valence-corrected chi connectivity index (χ4v) is 3.68. The Kier molecular flexibility index (Phi) is 4.67. The number of hydrogen-bond acceptors (Lipinski definition) is 1. The Morgan fingerprint density at radius 1 is 0.720 bits per heavy atom. The third-order valence-corrected chi connectivity index (χ3v) is 5.19. The van der Waals surface area contributed by atoms with E-state index in [0.717, 1.165) is 13.1 Å². The second-order valence-electron chi connectivity index (χ2n) is 7.20. The van der Waals surface area contributed by atoms with Crippen molar-refractivity contribution in [2.75, 3.05) is 0 Å². The van der Waals surface area contributed by atoms with E-state index in [0.29, 0.717) is 12.0 Å². The first-order chi connectivity index (χ1) is 12.3. The van der Waals surface area contributed by atoms with Crippen molar-refractivity contribution in [3.05, 3.63) is 107 Å². The highest BCUT2D eigenvalue weighted by molar-refractivity contribution is 5.31. The van der Waals surface area contributed by atoms with Gasteiger partial charge in [-0.2, -0.15) is 0 Å². The maximum Gasteiger partial charge on any atom is 0.0240 e. The molecule has 2 atom stereocenters. The lowest BCUT2D eigenvalue weighted by Crippen LogP contribution is -2.26. The third-order valence-electron chi connectivity index (χ3n) is 5.19. The van der Waals surface area contributed by atoms with Crippen molar-refractivity contribution in [1.29, 1.82) is 0 Å². The van der Waals surface area contributed by atoms with Crippen LogP contribution in [0.4, 0.5) is 0 Å². The molecule has 0 bridgehead atoms. The number of hydrogen-bond donors (Lipinski definition) is 0. The SMILES string of the molecule is Cc1ccc([C@@H]2C[C@H]2N(Cc2ccccc2)Cc2ccccc2)cc1. The van der Waals surface area contributed by atoms with Crippen LogP contribution in [0.3, 0.4) is 0 Å². The molecule has 0 saturated heterocycles. The second-order valence-corrected chi connectivity index (χ2v) is 7.20. The molecule has 1 fully saturated rings. The molecule has 0 radical (unpaired) electrons. The second kappa shape index (κ2) is 7.25. The Morgan fingerprint density at radius 3 is 1.76 bits per heavy atom. The zero-order valence-electron chi connectivity index (χ0n) is 14.8. The van der Waals surface area contributed by atoms with Crippen LogP contribution in [0.2, 0.25) is 0 Å². The van der Waals surface area contributed by atoms with Gasteiger partial charge in [0.25, 0.3) is 0 Å². The summed E-state index contributed by atoms with van der Waals surface area (Å²) in [7, 11) is 0. The van der Waals surface area contributed by atoms with E-state index in [9.17, 15) is 0 Å². The monoisotopic (exact) mass is 327 g/mol. The molecule has 3 aromatic rings. The summed E-state index contributed by atoms with van der Waals surface area (Å²) in [6, 6.07) is 31.4. The summed E-state index contributed by atoms with van der Waals surface area (Å²) in [6.45, 7) is 4.19. The summed E-state index contributed by atoms with van der Waals surface area (Å²) in [5, 5.41) is 0. The summed E-state index contributed by atoms with van der Waals surface area (Å²) >= 11 is 0. The minimum atomic E-state index is 0.642. The minimum absolute atomic E-state index is 0.642. The lowest BCUT2D eigenvalue weighted by Gasteiger charge is -2.23. The van der Waals surface area contributed by atoms with Crippen molar-refractivity contribution < 1.29 is 0 Å². The Labute approximate surface area is 150 Å². The summed E-state index contributed by atoms with van der Waals surface area (Å²) < 4.78 is 0. The predicted molar refractivity (Wildman–Crippen MR) is 104 cm³/mol. The van der Waals surface area contributed by atoms with Crippen LogP contribution in [0, 0.1) is 6.92 Å². The molecule has 1 aliphatic carbocycles. The molecule has 0 spiro atoms. The average Bonchev–Trinajstić information content (AvgIpc) is 3.44. The molecule has 1 nitrogen and oxygen atoms in total. The molecular formula is C24H25N. The maximum absolute atomic E-state index is 2.65. The van der Waals surface area contributed by atoms with Gasteiger partial charge in [0.05, 0.1) is 0 Å². The summed E-state index contributed by atoms with van der Waals surface area (Å²) in [5.74, 6) is 0.674. The highest BCUT2D eigenvalue weighted by Crippen LogP contribution is 2.45.